The molecule has 1 amide bonds. The van der Waals surface area contributed by atoms with Crippen molar-refractivity contribution in [2.24, 2.45) is 0 Å². The van der Waals surface area contributed by atoms with E-state index < -0.39 is 21.8 Å². The van der Waals surface area contributed by atoms with E-state index in [0.717, 1.165) is 11.6 Å². The molecule has 1 atom stereocenters. The molecule has 0 spiro atoms. The highest BCUT2D eigenvalue weighted by Gasteiger charge is 2.29. The highest BCUT2D eigenvalue weighted by Crippen LogP contribution is 2.15. The van der Waals surface area contributed by atoms with Crippen LogP contribution in [0.1, 0.15) is 22.5 Å². The fourth-order valence-electron chi connectivity index (χ4n) is 2.55. The maximum Gasteiger partial charge on any atom is 0.287 e. The van der Waals surface area contributed by atoms with Crippen molar-refractivity contribution in [1.82, 2.24) is 5.32 Å². The lowest BCUT2D eigenvalue weighted by Crippen LogP contribution is -2.35. The Hall–Kier alpha value is -2.15. The first-order valence-electron chi connectivity index (χ1n) is 6.90. The summed E-state index contributed by atoms with van der Waals surface area (Å²) in [6.45, 7) is 1.86. The predicted octanol–water partition coefficient (Wildman–Crippen LogP) is 1.02. The second kappa shape index (κ2) is 5.24. The smallest absolute Gasteiger partial charge is 0.287 e. The molecule has 6 nitrogen and oxygen atoms in total. The van der Waals surface area contributed by atoms with Gasteiger partial charge in [-0.3, -0.25) is 9.59 Å². The van der Waals surface area contributed by atoms with Gasteiger partial charge in [0.2, 0.25) is 0 Å². The monoisotopic (exact) mass is 321 g/mol. The Morgan fingerprint density at radius 2 is 2.09 bits per heavy atom. The van der Waals surface area contributed by atoms with Gasteiger partial charge in [0.15, 0.2) is 21.0 Å². The first kappa shape index (κ1) is 14.8. The van der Waals surface area contributed by atoms with Crippen molar-refractivity contribution in [2.45, 2.75) is 19.4 Å². The summed E-state index contributed by atoms with van der Waals surface area (Å²) < 4.78 is 28.3. The molecular formula is C15H15NO5S. The van der Waals surface area contributed by atoms with Crippen LogP contribution in [0.2, 0.25) is 0 Å². The fourth-order valence-corrected chi connectivity index (χ4v) is 4.22. The molecule has 116 valence electrons. The van der Waals surface area contributed by atoms with Crippen LogP contribution in [0.5, 0.6) is 0 Å². The van der Waals surface area contributed by atoms with Crippen molar-refractivity contribution in [3.63, 3.8) is 0 Å². The SMILES string of the molecule is Cc1ccc2oc(C(=O)N[C@@H]3CCS(=O)(=O)C3)cc(=O)c2c1. The minimum atomic E-state index is -3.08. The molecule has 1 saturated heterocycles. The second-order valence-corrected chi connectivity index (χ2v) is 7.78. The first-order chi connectivity index (χ1) is 10.3. The van der Waals surface area contributed by atoms with Crippen molar-refractivity contribution >= 4 is 26.7 Å². The average Bonchev–Trinajstić information content (AvgIpc) is 2.78. The number of hydrogen-bond acceptors (Lipinski definition) is 5. The summed E-state index contributed by atoms with van der Waals surface area (Å²) in [4.78, 5) is 24.2. The van der Waals surface area contributed by atoms with Gasteiger partial charge in [0.05, 0.1) is 16.9 Å². The maximum absolute atomic E-state index is 12.1. The van der Waals surface area contributed by atoms with E-state index in [4.69, 9.17) is 4.42 Å². The zero-order valence-corrected chi connectivity index (χ0v) is 12.8. The molecule has 0 radical (unpaired) electrons. The van der Waals surface area contributed by atoms with Crippen LogP contribution in [-0.4, -0.2) is 31.9 Å². The highest BCUT2D eigenvalue weighted by atomic mass is 32.2. The van der Waals surface area contributed by atoms with E-state index in [0.29, 0.717) is 17.4 Å². The summed E-state index contributed by atoms with van der Waals surface area (Å²) in [5, 5.41) is 3.02. The Bertz CT molecular complexity index is 913. The van der Waals surface area contributed by atoms with Gasteiger partial charge in [-0.05, 0) is 25.5 Å². The van der Waals surface area contributed by atoms with Crippen LogP contribution < -0.4 is 10.7 Å². The maximum atomic E-state index is 12.1. The van der Waals surface area contributed by atoms with Gasteiger partial charge in [0, 0.05) is 12.1 Å². The average molecular weight is 321 g/mol. The molecular weight excluding hydrogens is 306 g/mol. The third-order valence-corrected chi connectivity index (χ3v) is 5.44. The summed E-state index contributed by atoms with van der Waals surface area (Å²) >= 11 is 0. The zero-order valence-electron chi connectivity index (χ0n) is 12.0. The molecule has 1 fully saturated rings. The molecule has 1 aliphatic heterocycles. The molecule has 1 N–H and O–H groups in total. The summed E-state index contributed by atoms with van der Waals surface area (Å²) in [5.74, 6) is -0.679. The summed E-state index contributed by atoms with van der Waals surface area (Å²) in [6.07, 6.45) is 0.380. The number of fused-ring (bicyclic) bond motifs is 1. The van der Waals surface area contributed by atoms with Crippen molar-refractivity contribution in [3.05, 3.63) is 45.8 Å². The Morgan fingerprint density at radius 1 is 1.32 bits per heavy atom. The zero-order chi connectivity index (χ0) is 15.9. The van der Waals surface area contributed by atoms with E-state index in [9.17, 15) is 18.0 Å². The number of aryl methyl sites for hydroxylation is 1. The van der Waals surface area contributed by atoms with Crippen molar-refractivity contribution in [1.29, 1.82) is 0 Å². The number of carbonyl (C=O) groups excluding carboxylic acids is 1. The number of benzene rings is 1. The second-order valence-electron chi connectivity index (χ2n) is 5.55. The van der Waals surface area contributed by atoms with Crippen molar-refractivity contribution in [2.75, 3.05) is 11.5 Å². The lowest BCUT2D eigenvalue weighted by molar-refractivity contribution is 0.0913. The number of nitrogens with one attached hydrogen (secondary N) is 1. The molecule has 7 heteroatoms. The minimum Gasteiger partial charge on any atom is -0.451 e. The van der Waals surface area contributed by atoms with Crippen LogP contribution in [0.25, 0.3) is 11.0 Å². The highest BCUT2D eigenvalue weighted by molar-refractivity contribution is 7.91. The molecule has 0 unspecified atom stereocenters. The molecule has 0 aliphatic carbocycles. The summed E-state index contributed by atoms with van der Waals surface area (Å²) in [6, 6.07) is 5.84. The molecule has 1 aromatic heterocycles. The molecule has 22 heavy (non-hydrogen) atoms. The standard InChI is InChI=1S/C15H15NO5S/c1-9-2-3-13-11(6-9)12(17)7-14(21-13)15(18)16-10-4-5-22(19,20)8-10/h2-3,6-7,10H,4-5,8H2,1H3,(H,16,18)/t10-/m1/s1. The van der Waals surface area contributed by atoms with Crippen LogP contribution in [-0.2, 0) is 9.84 Å². The molecule has 0 saturated carbocycles. The van der Waals surface area contributed by atoms with Gasteiger partial charge in [-0.25, -0.2) is 8.42 Å². The van der Waals surface area contributed by atoms with Gasteiger partial charge in [-0.1, -0.05) is 11.6 Å². The quantitative estimate of drug-likeness (QED) is 0.891. The lowest BCUT2D eigenvalue weighted by Gasteiger charge is -2.10. The Labute approximate surface area is 127 Å². The molecule has 1 aliphatic rings. The van der Waals surface area contributed by atoms with Crippen LogP contribution in [0.4, 0.5) is 0 Å². The van der Waals surface area contributed by atoms with Crippen LogP contribution >= 0.6 is 0 Å². The normalized spacial score (nSPS) is 20.1. The number of rotatable bonds is 2. The molecule has 2 aromatic rings. The van der Waals surface area contributed by atoms with Gasteiger partial charge < -0.3 is 9.73 Å². The van der Waals surface area contributed by atoms with E-state index >= 15 is 0 Å². The summed E-state index contributed by atoms with van der Waals surface area (Å²) in [5.41, 5.74) is 0.963. The minimum absolute atomic E-state index is 0.0683. The third kappa shape index (κ3) is 2.89. The van der Waals surface area contributed by atoms with Crippen molar-refractivity contribution < 1.29 is 17.6 Å². The third-order valence-electron chi connectivity index (χ3n) is 3.67. The number of sulfone groups is 1. The van der Waals surface area contributed by atoms with Crippen LogP contribution in [0.15, 0.2) is 33.5 Å². The van der Waals surface area contributed by atoms with E-state index in [1.165, 1.54) is 0 Å². The van der Waals surface area contributed by atoms with Gasteiger partial charge in [0.25, 0.3) is 5.91 Å². The largest absolute Gasteiger partial charge is 0.451 e. The molecule has 3 rings (SSSR count). The van der Waals surface area contributed by atoms with E-state index in [2.05, 4.69) is 5.32 Å². The van der Waals surface area contributed by atoms with E-state index in [1.807, 2.05) is 6.92 Å². The van der Waals surface area contributed by atoms with Crippen LogP contribution in [0, 0.1) is 6.92 Å². The Kier molecular flexibility index (Phi) is 3.52. The number of hydrogen-bond donors (Lipinski definition) is 1. The molecule has 2 heterocycles. The topological polar surface area (TPSA) is 93.4 Å². The van der Waals surface area contributed by atoms with Gasteiger partial charge in [0.1, 0.15) is 5.58 Å². The van der Waals surface area contributed by atoms with Crippen LogP contribution in [0.3, 0.4) is 0 Å². The molecule has 1 aromatic carbocycles. The number of carbonyl (C=O) groups is 1. The first-order valence-corrected chi connectivity index (χ1v) is 8.72. The summed E-state index contributed by atoms with van der Waals surface area (Å²) in [7, 11) is -3.08. The predicted molar refractivity (Wildman–Crippen MR) is 81.7 cm³/mol. The van der Waals surface area contributed by atoms with E-state index in [-0.39, 0.29) is 22.7 Å². The van der Waals surface area contributed by atoms with Gasteiger partial charge >= 0.3 is 0 Å². The number of amides is 1. The van der Waals surface area contributed by atoms with Gasteiger partial charge in [-0.2, -0.15) is 0 Å². The lowest BCUT2D eigenvalue weighted by atomic mass is 10.1. The molecule has 0 bridgehead atoms. The van der Waals surface area contributed by atoms with E-state index in [1.54, 1.807) is 18.2 Å². The Morgan fingerprint density at radius 3 is 2.77 bits per heavy atom. The van der Waals surface area contributed by atoms with Crippen molar-refractivity contribution in [3.8, 4) is 0 Å². The van der Waals surface area contributed by atoms with Gasteiger partial charge in [-0.15, -0.1) is 0 Å². The fraction of sp³-hybridized carbons (Fsp3) is 0.333. The Balaban J connectivity index is 1.89.